The van der Waals surface area contributed by atoms with Gasteiger partial charge >= 0.3 is 0 Å². The van der Waals surface area contributed by atoms with E-state index in [1.165, 1.54) is 11.8 Å². The second-order valence-electron chi connectivity index (χ2n) is 7.92. The molecule has 1 aliphatic heterocycles. The minimum atomic E-state index is -0.104. The number of carbonyl (C=O) groups is 1. The summed E-state index contributed by atoms with van der Waals surface area (Å²) >= 11 is 8.43. The minimum Gasteiger partial charge on any atom is -0.488 e. The fourth-order valence-corrected chi connectivity index (χ4v) is 5.36. The lowest BCUT2D eigenvalue weighted by molar-refractivity contribution is -0.113. The number of thioether (sulfide) groups is 1. The Morgan fingerprint density at radius 2 is 1.56 bits per heavy atom. The Bertz CT molecular complexity index is 1440. The number of amidine groups is 1. The molecule has 1 heterocycles. The van der Waals surface area contributed by atoms with Gasteiger partial charge in [-0.2, -0.15) is 0 Å². The Kier molecular flexibility index (Phi) is 7.70. The summed E-state index contributed by atoms with van der Waals surface area (Å²) in [5.74, 6) is 0.635. The van der Waals surface area contributed by atoms with E-state index in [0.717, 1.165) is 37.2 Å². The fourth-order valence-electron chi connectivity index (χ4n) is 3.58. The second-order valence-corrected chi connectivity index (χ2v) is 10.7. The van der Waals surface area contributed by atoms with E-state index in [1.54, 1.807) is 4.90 Å². The summed E-state index contributed by atoms with van der Waals surface area (Å²) in [6.45, 7) is 0.464. The molecule has 178 valence electrons. The molecule has 0 radical (unpaired) electrons. The molecule has 0 spiro atoms. The van der Waals surface area contributed by atoms with Crippen molar-refractivity contribution in [3.8, 4) is 5.75 Å². The fraction of sp³-hybridized carbons (Fsp3) is 0.0345. The first-order valence-corrected chi connectivity index (χ1v) is 13.6. The molecule has 1 amide bonds. The lowest BCUT2D eigenvalue weighted by atomic mass is 10.2. The van der Waals surface area contributed by atoms with Gasteiger partial charge in [-0.3, -0.25) is 9.69 Å². The van der Waals surface area contributed by atoms with E-state index in [2.05, 4.69) is 31.9 Å². The van der Waals surface area contributed by atoms with Gasteiger partial charge in [0.1, 0.15) is 12.4 Å². The normalized spacial score (nSPS) is 15.6. The largest absolute Gasteiger partial charge is 0.488 e. The number of hydrogen-bond acceptors (Lipinski definition) is 4. The standard InChI is InChI=1S/C29H20Br2N2O2S/c30-22-14-11-20(12-15-22)19-35-26-16-13-21(17-25(26)31)18-27-28(34)33(24-9-5-2-6-10-24)29(36-27)32-23-7-3-1-4-8-23/h1-18H,19H2/b27-18+,32-29?. The highest BCUT2D eigenvalue weighted by molar-refractivity contribution is 9.10. The van der Waals surface area contributed by atoms with Crippen molar-refractivity contribution < 1.29 is 9.53 Å². The predicted octanol–water partition coefficient (Wildman–Crippen LogP) is 8.60. The van der Waals surface area contributed by atoms with Gasteiger partial charge < -0.3 is 4.74 Å². The molecule has 0 aliphatic carbocycles. The minimum absolute atomic E-state index is 0.104. The van der Waals surface area contributed by atoms with E-state index in [4.69, 9.17) is 9.73 Å². The molecule has 0 bridgehead atoms. The maximum Gasteiger partial charge on any atom is 0.271 e. The molecule has 1 aliphatic rings. The summed E-state index contributed by atoms with van der Waals surface area (Å²) in [6.07, 6.45) is 1.89. The Balaban J connectivity index is 1.39. The lowest BCUT2D eigenvalue weighted by Gasteiger charge is -2.15. The maximum atomic E-state index is 13.5. The zero-order chi connectivity index (χ0) is 24.9. The van der Waals surface area contributed by atoms with Crippen LogP contribution in [-0.2, 0) is 11.4 Å². The number of nitrogens with zero attached hydrogens (tertiary/aromatic N) is 2. The van der Waals surface area contributed by atoms with Crippen LogP contribution in [0.4, 0.5) is 11.4 Å². The number of rotatable bonds is 6. The van der Waals surface area contributed by atoms with Gasteiger partial charge in [0.05, 0.1) is 20.8 Å². The molecule has 4 aromatic carbocycles. The van der Waals surface area contributed by atoms with Crippen molar-refractivity contribution >= 4 is 72.1 Å². The molecule has 36 heavy (non-hydrogen) atoms. The van der Waals surface area contributed by atoms with Gasteiger partial charge in [0.25, 0.3) is 5.91 Å². The van der Waals surface area contributed by atoms with Crippen molar-refractivity contribution in [3.63, 3.8) is 0 Å². The highest BCUT2D eigenvalue weighted by atomic mass is 79.9. The summed E-state index contributed by atoms with van der Waals surface area (Å²) in [4.78, 5) is 20.5. The summed E-state index contributed by atoms with van der Waals surface area (Å²) in [7, 11) is 0. The zero-order valence-corrected chi connectivity index (χ0v) is 23.0. The van der Waals surface area contributed by atoms with Crippen LogP contribution in [0.3, 0.4) is 0 Å². The number of carbonyl (C=O) groups excluding carboxylic acids is 1. The molecule has 0 saturated carbocycles. The molecule has 7 heteroatoms. The van der Waals surface area contributed by atoms with E-state index in [1.807, 2.05) is 109 Å². The zero-order valence-electron chi connectivity index (χ0n) is 19.0. The van der Waals surface area contributed by atoms with Crippen molar-refractivity contribution in [1.82, 2.24) is 0 Å². The number of amides is 1. The number of aliphatic imine (C=N–C) groups is 1. The Morgan fingerprint density at radius 1 is 0.861 bits per heavy atom. The number of benzene rings is 4. The van der Waals surface area contributed by atoms with E-state index in [-0.39, 0.29) is 5.91 Å². The van der Waals surface area contributed by atoms with Gasteiger partial charge in [-0.25, -0.2) is 4.99 Å². The van der Waals surface area contributed by atoms with Gasteiger partial charge in [-0.05, 0) is 93.4 Å². The van der Waals surface area contributed by atoms with Crippen LogP contribution in [0.1, 0.15) is 11.1 Å². The predicted molar refractivity (Wildman–Crippen MR) is 156 cm³/mol. The average Bonchev–Trinajstić information content (AvgIpc) is 3.19. The van der Waals surface area contributed by atoms with Crippen LogP contribution in [0.25, 0.3) is 6.08 Å². The third kappa shape index (κ3) is 5.81. The summed E-state index contributed by atoms with van der Waals surface area (Å²) < 4.78 is 7.84. The van der Waals surface area contributed by atoms with Crippen molar-refractivity contribution in [1.29, 1.82) is 0 Å². The Hall–Kier alpha value is -3.13. The molecule has 4 nitrogen and oxygen atoms in total. The molecule has 0 N–H and O–H groups in total. The Labute approximate surface area is 231 Å². The quantitative estimate of drug-likeness (QED) is 0.203. The van der Waals surface area contributed by atoms with Gasteiger partial charge in [-0.15, -0.1) is 0 Å². The van der Waals surface area contributed by atoms with Gasteiger partial charge in [0, 0.05) is 4.47 Å². The highest BCUT2D eigenvalue weighted by Gasteiger charge is 2.34. The summed E-state index contributed by atoms with van der Waals surface area (Å²) in [5, 5.41) is 0.622. The molecule has 0 unspecified atom stereocenters. The van der Waals surface area contributed by atoms with Crippen molar-refractivity contribution in [2.24, 2.45) is 4.99 Å². The highest BCUT2D eigenvalue weighted by Crippen LogP contribution is 2.38. The number of ether oxygens (including phenoxy) is 1. The van der Waals surface area contributed by atoms with Crippen LogP contribution in [0.15, 0.2) is 122 Å². The van der Waals surface area contributed by atoms with Crippen LogP contribution < -0.4 is 9.64 Å². The van der Waals surface area contributed by atoms with Crippen molar-refractivity contribution in [2.45, 2.75) is 6.61 Å². The Morgan fingerprint density at radius 3 is 2.25 bits per heavy atom. The van der Waals surface area contributed by atoms with E-state index < -0.39 is 0 Å². The van der Waals surface area contributed by atoms with Crippen LogP contribution in [0.2, 0.25) is 0 Å². The molecule has 0 aromatic heterocycles. The van der Waals surface area contributed by atoms with E-state index in [0.29, 0.717) is 16.7 Å². The molecule has 1 fully saturated rings. The van der Waals surface area contributed by atoms with E-state index in [9.17, 15) is 4.79 Å². The van der Waals surface area contributed by atoms with Crippen LogP contribution >= 0.6 is 43.6 Å². The third-order valence-corrected chi connectivity index (χ3v) is 7.48. The summed E-state index contributed by atoms with van der Waals surface area (Å²) in [6, 6.07) is 33.1. The molecular weight excluding hydrogens is 600 g/mol. The number of hydrogen-bond donors (Lipinski definition) is 0. The second kappa shape index (κ2) is 11.3. The van der Waals surface area contributed by atoms with Crippen molar-refractivity contribution in [2.75, 3.05) is 4.90 Å². The SMILES string of the molecule is O=C1/C(=C\c2ccc(OCc3ccc(Br)cc3)c(Br)c2)SC(=Nc2ccccc2)N1c1ccccc1. The number of halogens is 2. The van der Waals surface area contributed by atoms with Gasteiger partial charge in [0.2, 0.25) is 0 Å². The molecule has 1 saturated heterocycles. The maximum absolute atomic E-state index is 13.5. The van der Waals surface area contributed by atoms with Crippen LogP contribution in [0.5, 0.6) is 5.75 Å². The molecule has 0 atom stereocenters. The number of para-hydroxylation sites is 2. The molecule has 4 aromatic rings. The molecular formula is C29H20Br2N2O2S. The monoisotopic (exact) mass is 618 g/mol. The van der Waals surface area contributed by atoms with Crippen LogP contribution in [-0.4, -0.2) is 11.1 Å². The lowest BCUT2D eigenvalue weighted by Crippen LogP contribution is -2.28. The summed E-state index contributed by atoms with van der Waals surface area (Å²) in [5.41, 5.74) is 3.55. The number of anilines is 1. The molecule has 5 rings (SSSR count). The van der Waals surface area contributed by atoms with Gasteiger partial charge in [-0.1, -0.05) is 70.5 Å². The van der Waals surface area contributed by atoms with Gasteiger partial charge in [0.15, 0.2) is 5.17 Å². The first kappa shape index (κ1) is 24.6. The average molecular weight is 620 g/mol. The van der Waals surface area contributed by atoms with Crippen LogP contribution in [0, 0.1) is 0 Å². The first-order valence-electron chi connectivity index (χ1n) is 11.2. The topological polar surface area (TPSA) is 41.9 Å². The van der Waals surface area contributed by atoms with E-state index >= 15 is 0 Å². The first-order chi connectivity index (χ1) is 17.6. The van der Waals surface area contributed by atoms with Crippen molar-refractivity contribution in [3.05, 3.63) is 128 Å². The third-order valence-electron chi connectivity index (χ3n) is 5.36. The smallest absolute Gasteiger partial charge is 0.271 e.